The Kier molecular flexibility index (Phi) is 6.96. The largest absolute Gasteiger partial charge is 0.418 e. The van der Waals surface area contributed by atoms with Gasteiger partial charge in [0.2, 0.25) is 0 Å². The van der Waals surface area contributed by atoms with Gasteiger partial charge in [0.1, 0.15) is 5.78 Å². The van der Waals surface area contributed by atoms with Crippen LogP contribution >= 0.6 is 0 Å². The van der Waals surface area contributed by atoms with Crippen LogP contribution in [-0.2, 0) is 11.0 Å². The number of carbonyl (C=O) groups is 1. The highest BCUT2D eigenvalue weighted by molar-refractivity contribution is 5.94. The van der Waals surface area contributed by atoms with E-state index in [0.29, 0.717) is 37.1 Å². The SMILES string of the molecule is C[C@H]1C[C@@H](CC(=O)[C@@H](C)N2CCC(O)CC2)CN(c2ccc(C(F)(F)F)c3ncccc23)C1. The van der Waals surface area contributed by atoms with Crippen LogP contribution in [0.25, 0.3) is 10.9 Å². The molecule has 33 heavy (non-hydrogen) atoms. The molecule has 5 nitrogen and oxygen atoms in total. The van der Waals surface area contributed by atoms with Crippen molar-refractivity contribution in [3.63, 3.8) is 0 Å². The van der Waals surface area contributed by atoms with E-state index in [1.54, 1.807) is 18.2 Å². The molecule has 0 amide bonds. The van der Waals surface area contributed by atoms with E-state index >= 15 is 0 Å². The first-order valence-electron chi connectivity index (χ1n) is 11.8. The molecule has 3 heterocycles. The number of halogens is 3. The number of piperidine rings is 2. The maximum absolute atomic E-state index is 13.5. The molecular formula is C25H32F3N3O2. The number of anilines is 1. The van der Waals surface area contributed by atoms with Gasteiger partial charge in [-0.05, 0) is 62.3 Å². The second-order valence-corrected chi connectivity index (χ2v) is 9.76. The summed E-state index contributed by atoms with van der Waals surface area (Å²) in [6.07, 6.45) is -0.577. The van der Waals surface area contributed by atoms with Gasteiger partial charge in [-0.25, -0.2) is 0 Å². The molecule has 3 atom stereocenters. The number of likely N-dealkylation sites (tertiary alicyclic amines) is 1. The lowest BCUT2D eigenvalue weighted by Gasteiger charge is -2.39. The fourth-order valence-electron chi connectivity index (χ4n) is 5.42. The zero-order valence-corrected chi connectivity index (χ0v) is 19.2. The fraction of sp³-hybridized carbons (Fsp3) is 0.600. The van der Waals surface area contributed by atoms with E-state index in [1.165, 1.54) is 6.20 Å². The highest BCUT2D eigenvalue weighted by atomic mass is 19.4. The molecule has 1 N–H and O–H groups in total. The molecule has 1 aromatic heterocycles. The minimum absolute atomic E-state index is 0.0331. The summed E-state index contributed by atoms with van der Waals surface area (Å²) in [6, 6.07) is 5.85. The molecule has 0 unspecified atom stereocenters. The van der Waals surface area contributed by atoms with Gasteiger partial charge in [-0.1, -0.05) is 6.92 Å². The Morgan fingerprint density at radius 2 is 1.94 bits per heavy atom. The third-order valence-corrected chi connectivity index (χ3v) is 7.14. The quantitative estimate of drug-likeness (QED) is 0.707. The Balaban J connectivity index is 1.51. The van der Waals surface area contributed by atoms with Crippen LogP contribution in [-0.4, -0.2) is 59.1 Å². The molecule has 1 aromatic carbocycles. The van der Waals surface area contributed by atoms with Crippen molar-refractivity contribution in [3.05, 3.63) is 36.0 Å². The van der Waals surface area contributed by atoms with E-state index in [2.05, 4.69) is 21.7 Å². The second-order valence-electron chi connectivity index (χ2n) is 9.76. The lowest BCUT2D eigenvalue weighted by atomic mass is 9.85. The smallest absolute Gasteiger partial charge is 0.393 e. The lowest BCUT2D eigenvalue weighted by molar-refractivity contribution is -0.136. The van der Waals surface area contributed by atoms with E-state index in [9.17, 15) is 23.1 Å². The number of carbonyl (C=O) groups excluding carboxylic acids is 1. The molecule has 2 aliphatic heterocycles. The van der Waals surface area contributed by atoms with Crippen molar-refractivity contribution in [2.24, 2.45) is 11.8 Å². The highest BCUT2D eigenvalue weighted by Gasteiger charge is 2.35. The molecule has 2 fully saturated rings. The number of rotatable bonds is 5. The maximum atomic E-state index is 13.5. The van der Waals surface area contributed by atoms with Gasteiger partial charge in [-0.2, -0.15) is 13.2 Å². The van der Waals surface area contributed by atoms with Crippen LogP contribution in [0.2, 0.25) is 0 Å². The number of aliphatic hydroxyl groups is 1. The minimum atomic E-state index is -4.46. The predicted molar refractivity (Wildman–Crippen MR) is 122 cm³/mol. The third kappa shape index (κ3) is 5.32. The van der Waals surface area contributed by atoms with Crippen molar-refractivity contribution in [1.29, 1.82) is 0 Å². The summed E-state index contributed by atoms with van der Waals surface area (Å²) in [7, 11) is 0. The van der Waals surface area contributed by atoms with Crippen LogP contribution in [0.3, 0.4) is 0 Å². The van der Waals surface area contributed by atoms with E-state index in [1.807, 2.05) is 6.92 Å². The van der Waals surface area contributed by atoms with Crippen molar-refractivity contribution in [2.75, 3.05) is 31.1 Å². The Morgan fingerprint density at radius 1 is 1.21 bits per heavy atom. The van der Waals surface area contributed by atoms with Crippen LogP contribution in [0.5, 0.6) is 0 Å². The van der Waals surface area contributed by atoms with Crippen molar-refractivity contribution >= 4 is 22.4 Å². The molecule has 0 saturated carbocycles. The minimum Gasteiger partial charge on any atom is -0.393 e. The molecule has 0 bridgehead atoms. The number of ketones is 1. The first-order chi connectivity index (χ1) is 15.6. The fourth-order valence-corrected chi connectivity index (χ4v) is 5.42. The topological polar surface area (TPSA) is 56.7 Å². The first kappa shape index (κ1) is 24.0. The molecule has 2 aromatic rings. The maximum Gasteiger partial charge on any atom is 0.418 e. The van der Waals surface area contributed by atoms with Gasteiger partial charge in [0.25, 0.3) is 0 Å². The third-order valence-electron chi connectivity index (χ3n) is 7.14. The average molecular weight is 464 g/mol. The highest BCUT2D eigenvalue weighted by Crippen LogP contribution is 2.39. The number of hydrogen-bond acceptors (Lipinski definition) is 5. The van der Waals surface area contributed by atoms with Crippen LogP contribution in [0.1, 0.15) is 45.1 Å². The van der Waals surface area contributed by atoms with Gasteiger partial charge < -0.3 is 10.0 Å². The Hall–Kier alpha value is -2.19. The monoisotopic (exact) mass is 463 g/mol. The lowest BCUT2D eigenvalue weighted by Crippen LogP contribution is -2.46. The summed E-state index contributed by atoms with van der Waals surface area (Å²) in [5.74, 6) is 0.670. The number of Topliss-reactive ketones (excluding diaryl/α,β-unsaturated/α-hetero) is 1. The standard InChI is InChI=1S/C25H32F3N3O2/c1-16-12-18(13-23(33)17(2)30-10-7-19(32)8-11-30)15-31(14-16)22-6-5-21(25(26,27)28)24-20(22)4-3-9-29-24/h3-6,9,16-19,32H,7-8,10-15H2,1-2H3/t16-,17+,18-/m0/s1. The summed E-state index contributed by atoms with van der Waals surface area (Å²) < 4.78 is 40.5. The molecule has 0 aliphatic carbocycles. The van der Waals surface area contributed by atoms with E-state index in [0.717, 1.165) is 37.8 Å². The second kappa shape index (κ2) is 9.58. The predicted octanol–water partition coefficient (Wildman–Crippen LogP) is 4.52. The van der Waals surface area contributed by atoms with Gasteiger partial charge >= 0.3 is 6.18 Å². The number of benzene rings is 1. The number of alkyl halides is 3. The molecular weight excluding hydrogens is 431 g/mol. The van der Waals surface area contributed by atoms with Crippen molar-refractivity contribution in [2.45, 2.75) is 57.9 Å². The number of aliphatic hydroxyl groups excluding tert-OH is 1. The van der Waals surface area contributed by atoms with E-state index < -0.39 is 11.7 Å². The molecule has 8 heteroatoms. The van der Waals surface area contributed by atoms with Crippen LogP contribution < -0.4 is 4.90 Å². The van der Waals surface area contributed by atoms with E-state index in [-0.39, 0.29) is 29.4 Å². The summed E-state index contributed by atoms with van der Waals surface area (Å²) in [4.78, 5) is 21.4. The van der Waals surface area contributed by atoms with Crippen molar-refractivity contribution in [3.8, 4) is 0 Å². The number of nitrogens with zero attached hydrogens (tertiary/aromatic N) is 3. The molecule has 4 rings (SSSR count). The molecule has 2 aliphatic rings. The van der Waals surface area contributed by atoms with Gasteiger partial charge in [0, 0.05) is 49.9 Å². The Labute approximate surface area is 192 Å². The summed E-state index contributed by atoms with van der Waals surface area (Å²) in [5.41, 5.74) is -0.0125. The van der Waals surface area contributed by atoms with Crippen molar-refractivity contribution < 1.29 is 23.1 Å². The van der Waals surface area contributed by atoms with Gasteiger partial charge in [0.15, 0.2) is 0 Å². The normalized spacial score (nSPS) is 24.2. The first-order valence-corrected chi connectivity index (χ1v) is 11.8. The summed E-state index contributed by atoms with van der Waals surface area (Å²) >= 11 is 0. The number of hydrogen-bond donors (Lipinski definition) is 1. The van der Waals surface area contributed by atoms with Crippen LogP contribution in [0.4, 0.5) is 18.9 Å². The van der Waals surface area contributed by atoms with Gasteiger partial charge in [0.05, 0.1) is 23.2 Å². The number of pyridine rings is 1. The summed E-state index contributed by atoms with van der Waals surface area (Å²) in [6.45, 7) is 6.90. The van der Waals surface area contributed by atoms with Gasteiger partial charge in [-0.15, -0.1) is 0 Å². The molecule has 180 valence electrons. The Morgan fingerprint density at radius 3 is 2.64 bits per heavy atom. The summed E-state index contributed by atoms with van der Waals surface area (Å²) in [5, 5.41) is 10.2. The molecule has 2 saturated heterocycles. The van der Waals surface area contributed by atoms with Crippen LogP contribution in [0.15, 0.2) is 30.5 Å². The average Bonchev–Trinajstić information content (AvgIpc) is 2.77. The Bertz CT molecular complexity index is 989. The van der Waals surface area contributed by atoms with Crippen molar-refractivity contribution in [1.82, 2.24) is 9.88 Å². The number of aromatic nitrogens is 1. The zero-order chi connectivity index (χ0) is 23.8. The zero-order valence-electron chi connectivity index (χ0n) is 19.2. The molecule has 0 spiro atoms. The van der Waals surface area contributed by atoms with Crippen LogP contribution in [0, 0.1) is 11.8 Å². The number of fused-ring (bicyclic) bond motifs is 1. The van der Waals surface area contributed by atoms with Gasteiger partial charge in [-0.3, -0.25) is 14.7 Å². The molecule has 0 radical (unpaired) electrons. The van der Waals surface area contributed by atoms with E-state index in [4.69, 9.17) is 0 Å².